The minimum Gasteiger partial charge on any atom is -0.264 e. The fraction of sp³-hybridized carbons (Fsp3) is 0. The minimum atomic E-state index is 0.692. The molecule has 0 saturated carbocycles. The Hall–Kier alpha value is -7.23. The lowest BCUT2D eigenvalue weighted by Crippen LogP contribution is -1.96. The van der Waals surface area contributed by atoms with Crippen molar-refractivity contribution in [2.75, 3.05) is 0 Å². The molecule has 0 fully saturated rings. The minimum absolute atomic E-state index is 0.692. The molecule has 0 N–H and O–H groups in total. The van der Waals surface area contributed by atoms with Gasteiger partial charge in [0.1, 0.15) is 0 Å². The Balaban J connectivity index is 1.17. The van der Waals surface area contributed by atoms with Gasteiger partial charge in [-0.25, -0.2) is 9.97 Å². The molecule has 0 spiro atoms. The molecule has 9 aromatic rings. The largest absolute Gasteiger partial charge is 0.264 e. The van der Waals surface area contributed by atoms with E-state index in [0.717, 1.165) is 44.8 Å². The Morgan fingerprint density at radius 3 is 1.17 bits per heavy atom. The molecule has 0 unspecified atom stereocenters. The molecule has 0 aliphatic carbocycles. The van der Waals surface area contributed by atoms with Gasteiger partial charge in [-0.2, -0.15) is 0 Å². The van der Waals surface area contributed by atoms with E-state index in [1.807, 2.05) is 30.5 Å². The van der Waals surface area contributed by atoms with Crippen LogP contribution in [-0.2, 0) is 0 Å². The van der Waals surface area contributed by atoms with E-state index in [2.05, 4.69) is 181 Å². The van der Waals surface area contributed by atoms with Crippen LogP contribution < -0.4 is 0 Å². The first kappa shape index (κ1) is 32.7. The highest BCUT2D eigenvalue weighted by atomic mass is 14.9. The summed E-state index contributed by atoms with van der Waals surface area (Å²) in [6, 6.07) is 70.4. The Bertz CT molecular complexity index is 2580. The first-order chi connectivity index (χ1) is 26.8. The molecular weight excluding hydrogens is 655 g/mol. The van der Waals surface area contributed by atoms with Crippen LogP contribution >= 0.6 is 0 Å². The van der Waals surface area contributed by atoms with Gasteiger partial charge in [0, 0.05) is 29.1 Å². The second-order valence-corrected chi connectivity index (χ2v) is 13.3. The SMILES string of the molecule is c1ccc(-c2cc(-c3ccccc3)c(-c3ccc(-c4cc(-c5ccc(-c6cccnc6)cc5)nc(-c5ccccc5)n4)cc3)c(-c3ccccc3)c2)cc1. The van der Waals surface area contributed by atoms with E-state index in [4.69, 9.17) is 9.97 Å². The van der Waals surface area contributed by atoms with Crippen LogP contribution in [0.2, 0.25) is 0 Å². The van der Waals surface area contributed by atoms with Crippen molar-refractivity contribution >= 4 is 0 Å². The third kappa shape index (κ3) is 6.74. The van der Waals surface area contributed by atoms with Crippen molar-refractivity contribution in [1.82, 2.24) is 15.0 Å². The van der Waals surface area contributed by atoms with Crippen LogP contribution in [0.25, 0.3) is 89.5 Å². The predicted octanol–water partition coefficient (Wildman–Crippen LogP) is 13.2. The van der Waals surface area contributed by atoms with Crippen LogP contribution in [0.1, 0.15) is 0 Å². The maximum absolute atomic E-state index is 5.12. The second kappa shape index (κ2) is 14.8. The zero-order chi connectivity index (χ0) is 36.1. The normalized spacial score (nSPS) is 11.0. The van der Waals surface area contributed by atoms with Gasteiger partial charge < -0.3 is 0 Å². The fourth-order valence-corrected chi connectivity index (χ4v) is 7.08. The summed E-state index contributed by atoms with van der Waals surface area (Å²) in [4.78, 5) is 14.5. The summed E-state index contributed by atoms with van der Waals surface area (Å²) in [5.74, 6) is 0.692. The molecule has 9 rings (SSSR count). The molecule has 0 bridgehead atoms. The predicted molar refractivity (Wildman–Crippen MR) is 223 cm³/mol. The van der Waals surface area contributed by atoms with Crippen molar-refractivity contribution in [3.8, 4) is 89.5 Å². The number of hydrogen-bond acceptors (Lipinski definition) is 3. The lowest BCUT2D eigenvalue weighted by Gasteiger charge is -2.19. The maximum Gasteiger partial charge on any atom is 0.160 e. The molecule has 0 atom stereocenters. The summed E-state index contributed by atoms with van der Waals surface area (Å²) in [5.41, 5.74) is 16.4. The van der Waals surface area contributed by atoms with Gasteiger partial charge in [0.05, 0.1) is 11.4 Å². The number of aromatic nitrogens is 3. The third-order valence-corrected chi connectivity index (χ3v) is 9.82. The first-order valence-corrected chi connectivity index (χ1v) is 18.2. The molecule has 54 heavy (non-hydrogen) atoms. The molecule has 0 amide bonds. The van der Waals surface area contributed by atoms with Gasteiger partial charge in [-0.1, -0.05) is 176 Å². The highest BCUT2D eigenvalue weighted by Gasteiger charge is 2.18. The smallest absolute Gasteiger partial charge is 0.160 e. The quantitative estimate of drug-likeness (QED) is 0.159. The van der Waals surface area contributed by atoms with Crippen molar-refractivity contribution in [3.05, 3.63) is 213 Å². The summed E-state index contributed by atoms with van der Waals surface area (Å²) in [5, 5.41) is 0. The van der Waals surface area contributed by atoms with Crippen molar-refractivity contribution in [3.63, 3.8) is 0 Å². The first-order valence-electron chi connectivity index (χ1n) is 18.2. The average molecular weight is 690 g/mol. The molecule has 254 valence electrons. The molecule has 2 heterocycles. The van der Waals surface area contributed by atoms with Crippen LogP contribution in [0, 0.1) is 0 Å². The molecule has 3 heteroatoms. The lowest BCUT2D eigenvalue weighted by molar-refractivity contribution is 1.18. The Labute approximate surface area is 316 Å². The van der Waals surface area contributed by atoms with Gasteiger partial charge in [0.2, 0.25) is 0 Å². The van der Waals surface area contributed by atoms with Crippen LogP contribution in [0.15, 0.2) is 213 Å². The molecular formula is C51H35N3. The second-order valence-electron chi connectivity index (χ2n) is 13.3. The topological polar surface area (TPSA) is 38.7 Å². The van der Waals surface area contributed by atoms with E-state index in [9.17, 15) is 0 Å². The fourth-order valence-electron chi connectivity index (χ4n) is 7.08. The number of benzene rings is 7. The van der Waals surface area contributed by atoms with Crippen molar-refractivity contribution in [2.24, 2.45) is 0 Å². The van der Waals surface area contributed by atoms with E-state index in [0.29, 0.717) is 5.82 Å². The molecule has 0 radical (unpaired) electrons. The maximum atomic E-state index is 5.12. The molecule has 0 saturated heterocycles. The summed E-state index contributed by atoms with van der Waals surface area (Å²) in [6.07, 6.45) is 3.68. The summed E-state index contributed by atoms with van der Waals surface area (Å²) < 4.78 is 0. The number of rotatable bonds is 8. The monoisotopic (exact) mass is 689 g/mol. The zero-order valence-corrected chi connectivity index (χ0v) is 29.5. The molecule has 2 aromatic heterocycles. The zero-order valence-electron chi connectivity index (χ0n) is 29.5. The van der Waals surface area contributed by atoms with Gasteiger partial charge in [-0.3, -0.25) is 4.98 Å². The summed E-state index contributed by atoms with van der Waals surface area (Å²) >= 11 is 0. The number of pyridine rings is 1. The highest BCUT2D eigenvalue weighted by molar-refractivity contribution is 5.98. The third-order valence-electron chi connectivity index (χ3n) is 9.82. The summed E-state index contributed by atoms with van der Waals surface area (Å²) in [7, 11) is 0. The van der Waals surface area contributed by atoms with E-state index < -0.39 is 0 Å². The van der Waals surface area contributed by atoms with Gasteiger partial charge in [-0.15, -0.1) is 0 Å². The van der Waals surface area contributed by atoms with E-state index in [-0.39, 0.29) is 0 Å². The van der Waals surface area contributed by atoms with E-state index in [1.54, 1.807) is 6.20 Å². The average Bonchev–Trinajstić information content (AvgIpc) is 3.27. The Morgan fingerprint density at radius 1 is 0.278 bits per heavy atom. The lowest BCUT2D eigenvalue weighted by atomic mass is 9.84. The van der Waals surface area contributed by atoms with Crippen molar-refractivity contribution < 1.29 is 0 Å². The van der Waals surface area contributed by atoms with Crippen molar-refractivity contribution in [1.29, 1.82) is 0 Å². The summed E-state index contributed by atoms with van der Waals surface area (Å²) in [6.45, 7) is 0. The van der Waals surface area contributed by atoms with Crippen molar-refractivity contribution in [2.45, 2.75) is 0 Å². The van der Waals surface area contributed by atoms with Crippen LogP contribution in [0.4, 0.5) is 0 Å². The molecule has 0 aliphatic rings. The van der Waals surface area contributed by atoms with Crippen LogP contribution in [0.3, 0.4) is 0 Å². The van der Waals surface area contributed by atoms with Gasteiger partial charge >= 0.3 is 0 Å². The standard InChI is InChI=1S/C51H35N3/c1-5-14-36(15-6-1)45-32-46(38-16-7-2-8-17-38)50(47(33-45)39-18-9-3-10-19-39)42-29-27-41(28-30-42)49-34-48(53-51(54-49)43-20-11-4-12-21-43)40-25-23-37(24-26-40)44-22-13-31-52-35-44/h1-35H. The molecule has 0 aliphatic heterocycles. The highest BCUT2D eigenvalue weighted by Crippen LogP contribution is 2.44. The van der Waals surface area contributed by atoms with E-state index >= 15 is 0 Å². The van der Waals surface area contributed by atoms with Gasteiger partial charge in [0.25, 0.3) is 0 Å². The number of hydrogen-bond donors (Lipinski definition) is 0. The molecule has 7 aromatic carbocycles. The number of nitrogens with zero attached hydrogens (tertiary/aromatic N) is 3. The van der Waals surface area contributed by atoms with E-state index in [1.165, 1.54) is 38.9 Å². The Kier molecular flexibility index (Phi) is 8.94. The van der Waals surface area contributed by atoms with Crippen LogP contribution in [0.5, 0.6) is 0 Å². The molecule has 3 nitrogen and oxygen atoms in total. The van der Waals surface area contributed by atoms with Gasteiger partial charge in [-0.05, 0) is 79.9 Å². The van der Waals surface area contributed by atoms with Crippen LogP contribution in [-0.4, -0.2) is 15.0 Å². The van der Waals surface area contributed by atoms with Gasteiger partial charge in [0.15, 0.2) is 5.82 Å². The Morgan fingerprint density at radius 2 is 0.685 bits per heavy atom.